The van der Waals surface area contributed by atoms with Gasteiger partial charge in [0.15, 0.2) is 11.5 Å². The van der Waals surface area contributed by atoms with Crippen LogP contribution in [0.15, 0.2) is 65.6 Å². The van der Waals surface area contributed by atoms with Crippen LogP contribution in [0.1, 0.15) is 31.8 Å². The molecule has 0 spiro atoms. The number of hydrogen-bond donors (Lipinski definition) is 2. The molecule has 7 nitrogen and oxygen atoms in total. The summed E-state index contributed by atoms with van der Waals surface area (Å²) < 4.78 is 10.9. The first-order chi connectivity index (χ1) is 17.0. The van der Waals surface area contributed by atoms with Crippen LogP contribution in [0.3, 0.4) is 0 Å². The molecule has 2 amide bonds. The Kier molecular flexibility index (Phi) is 7.94. The minimum absolute atomic E-state index is 0.204. The maximum atomic E-state index is 12.6. The third-order valence-corrected chi connectivity index (χ3v) is 7.01. The fourth-order valence-corrected chi connectivity index (χ4v) is 5.07. The zero-order valence-corrected chi connectivity index (χ0v) is 20.7. The highest BCUT2D eigenvalue weighted by atomic mass is 32.2. The average molecular weight is 492 g/mol. The van der Waals surface area contributed by atoms with Crippen LogP contribution in [0.5, 0.6) is 11.5 Å². The Labute approximate surface area is 209 Å². The van der Waals surface area contributed by atoms with Crippen molar-refractivity contribution < 1.29 is 19.1 Å². The number of carbonyl (C=O) groups excluding carboxylic acids is 2. The molecule has 0 saturated heterocycles. The largest absolute Gasteiger partial charge is 0.493 e. The topological polar surface area (TPSA) is 93.9 Å². The number of ether oxygens (including phenoxy) is 2. The van der Waals surface area contributed by atoms with Crippen LogP contribution in [0.25, 0.3) is 0 Å². The van der Waals surface area contributed by atoms with Crippen LogP contribution in [-0.2, 0) is 13.0 Å². The summed E-state index contributed by atoms with van der Waals surface area (Å²) in [6.45, 7) is 2.88. The third-order valence-electron chi connectivity index (χ3n) is 6.02. The molecule has 1 aliphatic heterocycles. The molecule has 0 aliphatic carbocycles. The van der Waals surface area contributed by atoms with E-state index in [9.17, 15) is 9.59 Å². The van der Waals surface area contributed by atoms with Crippen LogP contribution in [0.2, 0.25) is 0 Å². The van der Waals surface area contributed by atoms with Gasteiger partial charge < -0.3 is 20.5 Å². The summed E-state index contributed by atoms with van der Waals surface area (Å²) in [6, 6.07) is 18.4. The summed E-state index contributed by atoms with van der Waals surface area (Å²) in [6.07, 6.45) is 0.994. The van der Waals surface area contributed by atoms with Crippen molar-refractivity contribution in [1.82, 2.24) is 4.90 Å². The van der Waals surface area contributed by atoms with Crippen molar-refractivity contribution in [3.63, 3.8) is 0 Å². The first-order valence-electron chi connectivity index (χ1n) is 11.4. The van der Waals surface area contributed by atoms with Crippen molar-refractivity contribution in [2.24, 2.45) is 5.73 Å². The zero-order chi connectivity index (χ0) is 24.8. The highest BCUT2D eigenvalue weighted by molar-refractivity contribution is 7.99. The van der Waals surface area contributed by atoms with E-state index in [0.29, 0.717) is 5.69 Å². The first kappa shape index (κ1) is 24.6. The number of anilines is 1. The molecule has 0 bridgehead atoms. The molecule has 3 aromatic carbocycles. The average Bonchev–Trinajstić information content (AvgIpc) is 2.88. The van der Waals surface area contributed by atoms with E-state index < -0.39 is 5.91 Å². The minimum Gasteiger partial charge on any atom is -0.493 e. The number of methoxy groups -OCH3 is 2. The number of benzene rings is 3. The molecule has 8 heteroatoms. The summed E-state index contributed by atoms with van der Waals surface area (Å²) in [5.41, 5.74) is 9.12. The molecule has 1 aliphatic rings. The Bertz CT molecular complexity index is 1210. The monoisotopic (exact) mass is 491 g/mol. The van der Waals surface area contributed by atoms with E-state index in [-0.39, 0.29) is 17.0 Å². The van der Waals surface area contributed by atoms with E-state index in [1.54, 1.807) is 50.2 Å². The Morgan fingerprint density at radius 3 is 2.29 bits per heavy atom. The Morgan fingerprint density at radius 1 is 0.971 bits per heavy atom. The lowest BCUT2D eigenvalue weighted by molar-refractivity contribution is 0.0977. The van der Waals surface area contributed by atoms with E-state index in [0.717, 1.165) is 48.2 Å². The van der Waals surface area contributed by atoms with Crippen molar-refractivity contribution in [3.05, 3.63) is 82.9 Å². The van der Waals surface area contributed by atoms with Crippen LogP contribution in [0, 0.1) is 0 Å². The second-order valence-electron chi connectivity index (χ2n) is 8.24. The quantitative estimate of drug-likeness (QED) is 0.436. The van der Waals surface area contributed by atoms with Gasteiger partial charge in [-0.2, -0.15) is 0 Å². The highest BCUT2D eigenvalue weighted by Gasteiger charge is 2.19. The standard InChI is InChI=1S/C27H29N3O4S/c1-33-24-15-18-11-12-30(17-19(18)16-25(24)34-2)13-14-35-21-9-7-20(8-10-21)29-27(32)23-6-4-3-5-22(23)26(28)31/h3-10,15-16H,11-14,17H2,1-2H3,(H2,28,31)(H,29,32). The fourth-order valence-electron chi connectivity index (χ4n) is 4.15. The molecular formula is C27H29N3O4S. The highest BCUT2D eigenvalue weighted by Crippen LogP contribution is 2.33. The number of rotatable bonds is 9. The zero-order valence-electron chi connectivity index (χ0n) is 19.9. The number of nitrogens with one attached hydrogen (secondary N) is 1. The molecule has 1 heterocycles. The lowest BCUT2D eigenvalue weighted by Gasteiger charge is -2.29. The van der Waals surface area contributed by atoms with Crippen molar-refractivity contribution >= 4 is 29.3 Å². The van der Waals surface area contributed by atoms with Crippen LogP contribution >= 0.6 is 11.8 Å². The summed E-state index contributed by atoms with van der Waals surface area (Å²) in [7, 11) is 3.33. The number of hydrogen-bond acceptors (Lipinski definition) is 6. The molecule has 0 atom stereocenters. The van der Waals surface area contributed by atoms with Crippen molar-refractivity contribution in [2.75, 3.05) is 38.4 Å². The molecule has 35 heavy (non-hydrogen) atoms. The van der Waals surface area contributed by atoms with Crippen molar-refractivity contribution in [2.45, 2.75) is 17.9 Å². The number of amides is 2. The predicted octanol–water partition coefficient (Wildman–Crippen LogP) is 4.21. The lowest BCUT2D eigenvalue weighted by atomic mass is 9.99. The Hall–Kier alpha value is -3.49. The smallest absolute Gasteiger partial charge is 0.256 e. The molecule has 0 unspecified atom stereocenters. The molecule has 3 N–H and O–H groups in total. The summed E-state index contributed by atoms with van der Waals surface area (Å²) >= 11 is 1.78. The van der Waals surface area contributed by atoms with Gasteiger partial charge in [0.1, 0.15) is 0 Å². The lowest BCUT2D eigenvalue weighted by Crippen LogP contribution is -2.32. The molecule has 0 aromatic heterocycles. The van der Waals surface area contributed by atoms with Gasteiger partial charge >= 0.3 is 0 Å². The van der Waals surface area contributed by atoms with E-state index in [2.05, 4.69) is 22.3 Å². The Morgan fingerprint density at radius 2 is 1.63 bits per heavy atom. The molecular weight excluding hydrogens is 462 g/mol. The van der Waals surface area contributed by atoms with Gasteiger partial charge in [-0.1, -0.05) is 12.1 Å². The molecule has 3 aromatic rings. The fraction of sp³-hybridized carbons (Fsp3) is 0.259. The molecule has 0 fully saturated rings. The number of fused-ring (bicyclic) bond motifs is 1. The van der Waals surface area contributed by atoms with E-state index in [1.807, 2.05) is 24.3 Å². The van der Waals surface area contributed by atoms with Crippen LogP contribution in [0.4, 0.5) is 5.69 Å². The van der Waals surface area contributed by atoms with Gasteiger partial charge in [-0.25, -0.2) is 0 Å². The van der Waals surface area contributed by atoms with E-state index in [4.69, 9.17) is 15.2 Å². The van der Waals surface area contributed by atoms with Gasteiger partial charge in [-0.15, -0.1) is 11.8 Å². The number of carbonyl (C=O) groups is 2. The van der Waals surface area contributed by atoms with Gasteiger partial charge in [0, 0.05) is 36.0 Å². The van der Waals surface area contributed by atoms with Gasteiger partial charge in [0.25, 0.3) is 5.91 Å². The van der Waals surface area contributed by atoms with Crippen LogP contribution < -0.4 is 20.5 Å². The second-order valence-corrected chi connectivity index (χ2v) is 9.41. The number of nitrogens with zero attached hydrogens (tertiary/aromatic N) is 1. The summed E-state index contributed by atoms with van der Waals surface area (Å²) in [5.74, 6) is 1.53. The van der Waals surface area contributed by atoms with E-state index in [1.165, 1.54) is 11.1 Å². The SMILES string of the molecule is COc1cc2c(cc1OC)CN(CCSc1ccc(NC(=O)c3ccccc3C(N)=O)cc1)CC2. The molecule has 0 radical (unpaired) electrons. The van der Waals surface area contributed by atoms with Crippen molar-refractivity contribution in [1.29, 1.82) is 0 Å². The number of primary amides is 1. The number of thioether (sulfide) groups is 1. The second kappa shape index (κ2) is 11.3. The first-order valence-corrected chi connectivity index (χ1v) is 12.4. The Balaban J connectivity index is 1.29. The maximum Gasteiger partial charge on any atom is 0.256 e. The summed E-state index contributed by atoms with van der Waals surface area (Å²) in [5, 5.41) is 2.83. The molecule has 0 saturated carbocycles. The number of nitrogens with two attached hydrogens (primary N) is 1. The molecule has 4 rings (SSSR count). The van der Waals surface area contributed by atoms with Crippen molar-refractivity contribution in [3.8, 4) is 11.5 Å². The normalized spacial score (nSPS) is 13.1. The van der Waals surface area contributed by atoms with Gasteiger partial charge in [0.2, 0.25) is 5.91 Å². The van der Waals surface area contributed by atoms with E-state index >= 15 is 0 Å². The van der Waals surface area contributed by atoms with Crippen LogP contribution in [-0.4, -0.2) is 49.8 Å². The molecule has 182 valence electrons. The van der Waals surface area contributed by atoms with Gasteiger partial charge in [-0.3, -0.25) is 14.5 Å². The third kappa shape index (κ3) is 5.96. The van der Waals surface area contributed by atoms with Gasteiger partial charge in [0.05, 0.1) is 25.3 Å². The minimum atomic E-state index is -0.626. The van der Waals surface area contributed by atoms with Gasteiger partial charge in [-0.05, 0) is 66.1 Å². The summed E-state index contributed by atoms with van der Waals surface area (Å²) in [4.78, 5) is 27.7. The predicted molar refractivity (Wildman–Crippen MR) is 139 cm³/mol. The maximum absolute atomic E-state index is 12.6.